The highest BCUT2D eigenvalue weighted by molar-refractivity contribution is 5.76. The average molecular weight is 477 g/mol. The standard InChI is InChI=1S/C24H23N5O6/c1-3-6-16-9-10-21(22(11-16)34-2)35-14-17(30)13-27-15-25-23-18(24(27)31)12-26-28(23)19-7-4-5-8-20(19)29(32)33/h3-5,7-12,15,17,30H,1,6,13-14H2,2H3/t17-/m1/s1. The molecule has 0 unspecified atom stereocenters. The summed E-state index contributed by atoms with van der Waals surface area (Å²) in [6.45, 7) is 3.56. The number of methoxy groups -OCH3 is 1. The van der Waals surface area contributed by atoms with Gasteiger partial charge in [0.1, 0.15) is 30.1 Å². The Hall–Kier alpha value is -4.51. The van der Waals surface area contributed by atoms with Crippen LogP contribution in [0.4, 0.5) is 5.69 Å². The maximum absolute atomic E-state index is 13.0. The Labute approximate surface area is 199 Å². The van der Waals surface area contributed by atoms with Crippen LogP contribution < -0.4 is 15.0 Å². The van der Waals surface area contributed by atoms with Crippen LogP contribution in [-0.4, -0.2) is 49.2 Å². The molecule has 0 radical (unpaired) electrons. The normalized spacial score (nSPS) is 11.8. The smallest absolute Gasteiger partial charge is 0.294 e. The Balaban J connectivity index is 1.52. The lowest BCUT2D eigenvalue weighted by Gasteiger charge is -2.16. The predicted octanol–water partition coefficient (Wildman–Crippen LogP) is 2.67. The summed E-state index contributed by atoms with van der Waals surface area (Å²) in [7, 11) is 1.53. The fourth-order valence-corrected chi connectivity index (χ4v) is 3.64. The minimum atomic E-state index is -1.02. The second-order valence-corrected chi connectivity index (χ2v) is 7.68. The molecule has 35 heavy (non-hydrogen) atoms. The maximum Gasteiger partial charge on any atom is 0.294 e. The Kier molecular flexibility index (Phi) is 6.88. The number of aliphatic hydroxyl groups is 1. The SMILES string of the molecule is C=CCc1ccc(OC[C@H](O)Cn2cnc3c(cnn3-c3ccccc3[N+](=O)[O-])c2=O)c(OC)c1. The molecular weight excluding hydrogens is 454 g/mol. The highest BCUT2D eigenvalue weighted by atomic mass is 16.6. The largest absolute Gasteiger partial charge is 0.493 e. The highest BCUT2D eigenvalue weighted by Crippen LogP contribution is 2.28. The second-order valence-electron chi connectivity index (χ2n) is 7.68. The number of fused-ring (bicyclic) bond motifs is 1. The summed E-state index contributed by atoms with van der Waals surface area (Å²) in [5, 5.41) is 26.2. The summed E-state index contributed by atoms with van der Waals surface area (Å²) in [6, 6.07) is 11.5. The predicted molar refractivity (Wildman–Crippen MR) is 128 cm³/mol. The number of aromatic nitrogens is 4. The van der Waals surface area contributed by atoms with Crippen molar-refractivity contribution in [3.8, 4) is 17.2 Å². The molecule has 0 aliphatic carbocycles. The summed E-state index contributed by atoms with van der Waals surface area (Å²) in [4.78, 5) is 28.1. The van der Waals surface area contributed by atoms with E-state index in [1.807, 2.05) is 12.1 Å². The van der Waals surface area contributed by atoms with Gasteiger partial charge in [0.2, 0.25) is 0 Å². The van der Waals surface area contributed by atoms with Crippen molar-refractivity contribution in [2.75, 3.05) is 13.7 Å². The van der Waals surface area contributed by atoms with Gasteiger partial charge in [0.25, 0.3) is 11.2 Å². The molecule has 1 atom stereocenters. The van der Waals surface area contributed by atoms with Crippen molar-refractivity contribution in [3.63, 3.8) is 0 Å². The first-order valence-corrected chi connectivity index (χ1v) is 10.7. The van der Waals surface area contributed by atoms with Gasteiger partial charge >= 0.3 is 0 Å². The van der Waals surface area contributed by atoms with E-state index in [0.29, 0.717) is 17.9 Å². The lowest BCUT2D eigenvalue weighted by molar-refractivity contribution is -0.384. The van der Waals surface area contributed by atoms with Gasteiger partial charge in [0.05, 0.1) is 24.8 Å². The molecule has 11 nitrogen and oxygen atoms in total. The zero-order valence-electron chi connectivity index (χ0n) is 18.9. The molecule has 0 aliphatic rings. The van der Waals surface area contributed by atoms with Gasteiger partial charge in [0.15, 0.2) is 17.1 Å². The number of ether oxygens (including phenoxy) is 2. The first-order valence-electron chi connectivity index (χ1n) is 10.7. The van der Waals surface area contributed by atoms with E-state index in [1.165, 1.54) is 41.0 Å². The topological polar surface area (TPSA) is 135 Å². The van der Waals surface area contributed by atoms with Gasteiger partial charge in [-0.25, -0.2) is 9.67 Å². The van der Waals surface area contributed by atoms with Crippen molar-refractivity contribution in [2.45, 2.75) is 19.1 Å². The van der Waals surface area contributed by atoms with Crippen molar-refractivity contribution in [2.24, 2.45) is 0 Å². The van der Waals surface area contributed by atoms with E-state index in [4.69, 9.17) is 9.47 Å². The third kappa shape index (κ3) is 4.89. The number of benzene rings is 2. The number of hydrogen-bond acceptors (Lipinski definition) is 8. The number of para-hydroxylation sites is 2. The number of nitro groups is 1. The first kappa shape index (κ1) is 23.6. The molecule has 180 valence electrons. The third-order valence-electron chi connectivity index (χ3n) is 5.31. The molecule has 0 spiro atoms. The molecule has 2 aromatic carbocycles. The Morgan fingerprint density at radius 1 is 1.26 bits per heavy atom. The van der Waals surface area contributed by atoms with Gasteiger partial charge < -0.3 is 14.6 Å². The molecule has 0 fully saturated rings. The zero-order chi connectivity index (χ0) is 24.9. The molecule has 4 rings (SSSR count). The van der Waals surface area contributed by atoms with Gasteiger partial charge in [-0.1, -0.05) is 24.3 Å². The van der Waals surface area contributed by atoms with Crippen LogP contribution in [0.2, 0.25) is 0 Å². The van der Waals surface area contributed by atoms with Crippen LogP contribution in [0.1, 0.15) is 5.56 Å². The molecule has 11 heteroatoms. The van der Waals surface area contributed by atoms with E-state index in [0.717, 1.165) is 5.56 Å². The van der Waals surface area contributed by atoms with E-state index < -0.39 is 16.6 Å². The van der Waals surface area contributed by atoms with Crippen LogP contribution in [0.3, 0.4) is 0 Å². The van der Waals surface area contributed by atoms with Crippen molar-refractivity contribution in [1.82, 2.24) is 19.3 Å². The average Bonchev–Trinajstić information content (AvgIpc) is 3.29. The van der Waals surface area contributed by atoms with Crippen molar-refractivity contribution in [3.05, 3.63) is 93.7 Å². The van der Waals surface area contributed by atoms with Crippen LogP contribution in [0.5, 0.6) is 11.5 Å². The fourth-order valence-electron chi connectivity index (χ4n) is 3.64. The Morgan fingerprint density at radius 2 is 2.06 bits per heavy atom. The minimum Gasteiger partial charge on any atom is -0.493 e. The number of allylic oxidation sites excluding steroid dienone is 1. The minimum absolute atomic E-state index is 0.0741. The van der Waals surface area contributed by atoms with E-state index in [9.17, 15) is 20.0 Å². The summed E-state index contributed by atoms with van der Waals surface area (Å²) in [6.07, 6.45) is 4.02. The number of hydrogen-bond donors (Lipinski definition) is 1. The van der Waals surface area contributed by atoms with Gasteiger partial charge in [-0.3, -0.25) is 19.5 Å². The summed E-state index contributed by atoms with van der Waals surface area (Å²) < 4.78 is 13.6. The highest BCUT2D eigenvalue weighted by Gasteiger charge is 2.20. The monoisotopic (exact) mass is 477 g/mol. The Bertz CT molecular complexity index is 1440. The number of nitro benzene ring substituents is 1. The number of nitrogens with zero attached hydrogens (tertiary/aromatic N) is 5. The summed E-state index contributed by atoms with van der Waals surface area (Å²) in [5.41, 5.74) is 0.778. The molecule has 4 aromatic rings. The second kappa shape index (κ2) is 10.2. The summed E-state index contributed by atoms with van der Waals surface area (Å²) >= 11 is 0. The molecular formula is C24H23N5O6. The van der Waals surface area contributed by atoms with Gasteiger partial charge in [-0.2, -0.15) is 5.10 Å². The van der Waals surface area contributed by atoms with Gasteiger partial charge in [-0.15, -0.1) is 6.58 Å². The maximum atomic E-state index is 13.0. The molecule has 2 heterocycles. The molecule has 0 saturated heterocycles. The van der Waals surface area contributed by atoms with Crippen LogP contribution in [-0.2, 0) is 13.0 Å². The Morgan fingerprint density at radius 3 is 2.80 bits per heavy atom. The number of aliphatic hydroxyl groups excluding tert-OH is 1. The lowest BCUT2D eigenvalue weighted by Crippen LogP contribution is -2.30. The van der Waals surface area contributed by atoms with E-state index in [-0.39, 0.29) is 35.6 Å². The van der Waals surface area contributed by atoms with Crippen LogP contribution >= 0.6 is 0 Å². The zero-order valence-corrected chi connectivity index (χ0v) is 18.9. The van der Waals surface area contributed by atoms with E-state index >= 15 is 0 Å². The van der Waals surface area contributed by atoms with Crippen LogP contribution in [0.25, 0.3) is 16.7 Å². The molecule has 0 saturated carbocycles. The quantitative estimate of drug-likeness (QED) is 0.209. The van der Waals surface area contributed by atoms with Crippen molar-refractivity contribution >= 4 is 16.7 Å². The molecule has 0 bridgehead atoms. The lowest BCUT2D eigenvalue weighted by atomic mass is 10.1. The molecule has 0 aliphatic heterocycles. The van der Waals surface area contributed by atoms with Gasteiger partial charge in [0, 0.05) is 6.07 Å². The van der Waals surface area contributed by atoms with Crippen LogP contribution in [0, 0.1) is 10.1 Å². The molecule has 2 aromatic heterocycles. The van der Waals surface area contributed by atoms with Crippen molar-refractivity contribution < 1.29 is 19.5 Å². The summed E-state index contributed by atoms with van der Waals surface area (Å²) in [5.74, 6) is 0.991. The first-order chi connectivity index (χ1) is 16.9. The van der Waals surface area contributed by atoms with Crippen molar-refractivity contribution in [1.29, 1.82) is 0 Å². The fraction of sp³-hybridized carbons (Fsp3) is 0.208. The molecule has 1 N–H and O–H groups in total. The molecule has 0 amide bonds. The van der Waals surface area contributed by atoms with E-state index in [2.05, 4.69) is 16.7 Å². The van der Waals surface area contributed by atoms with Crippen LogP contribution in [0.15, 0.2) is 72.4 Å². The van der Waals surface area contributed by atoms with E-state index in [1.54, 1.807) is 24.3 Å². The number of rotatable bonds is 10. The van der Waals surface area contributed by atoms with Gasteiger partial charge in [-0.05, 0) is 30.2 Å². The third-order valence-corrected chi connectivity index (χ3v) is 5.31.